The fourth-order valence-corrected chi connectivity index (χ4v) is 2.82. The average Bonchev–Trinajstić information content (AvgIpc) is 3.23. The van der Waals surface area contributed by atoms with Gasteiger partial charge in [-0.25, -0.2) is 4.68 Å². The Morgan fingerprint density at radius 1 is 1.22 bits per heavy atom. The van der Waals surface area contributed by atoms with Gasteiger partial charge in [-0.05, 0) is 25.5 Å². The summed E-state index contributed by atoms with van der Waals surface area (Å²) in [5.74, 6) is 0.431. The van der Waals surface area contributed by atoms with E-state index >= 15 is 0 Å². The van der Waals surface area contributed by atoms with E-state index in [4.69, 9.17) is 16.3 Å². The van der Waals surface area contributed by atoms with Gasteiger partial charge >= 0.3 is 0 Å². The summed E-state index contributed by atoms with van der Waals surface area (Å²) in [7, 11) is 0. The summed E-state index contributed by atoms with van der Waals surface area (Å²) in [5.41, 5.74) is 2.88. The topological polar surface area (TPSA) is 74.0 Å². The van der Waals surface area contributed by atoms with E-state index in [1.165, 1.54) is 5.56 Å². The fraction of sp³-hybridized carbons (Fsp3) is 0.316. The highest BCUT2D eigenvalue weighted by Gasteiger charge is 2.15. The molecule has 2 heterocycles. The molecule has 8 heteroatoms. The summed E-state index contributed by atoms with van der Waals surface area (Å²) < 4.78 is 9.07. The first kappa shape index (κ1) is 19.0. The summed E-state index contributed by atoms with van der Waals surface area (Å²) in [4.78, 5) is 12.3. The predicted octanol–water partition coefficient (Wildman–Crippen LogP) is 3.66. The fourth-order valence-electron chi connectivity index (χ4n) is 2.66. The molecule has 1 N–H and O–H groups in total. The Balaban J connectivity index is 1.53. The highest BCUT2D eigenvalue weighted by atomic mass is 35.5. The van der Waals surface area contributed by atoms with Crippen LogP contribution in [0, 0.1) is 19.8 Å². The molecule has 3 rings (SSSR count). The van der Waals surface area contributed by atoms with Crippen molar-refractivity contribution in [3.63, 3.8) is 0 Å². The summed E-state index contributed by atoms with van der Waals surface area (Å²) in [6.45, 7) is 6.59. The zero-order chi connectivity index (χ0) is 19.4. The Bertz CT molecular complexity index is 934. The van der Waals surface area contributed by atoms with E-state index in [2.05, 4.69) is 21.6 Å². The number of aryl methyl sites for hydroxylation is 2. The van der Waals surface area contributed by atoms with Crippen LogP contribution < -0.4 is 10.1 Å². The lowest BCUT2D eigenvalue weighted by Gasteiger charge is -2.11. The number of aromatic nitrogens is 4. The lowest BCUT2D eigenvalue weighted by molar-refractivity contribution is -0.119. The zero-order valence-electron chi connectivity index (χ0n) is 15.5. The summed E-state index contributed by atoms with van der Waals surface area (Å²) in [5, 5.41) is 11.7. The minimum atomic E-state index is -0.268. The molecule has 1 unspecified atom stereocenters. The Kier molecular flexibility index (Phi) is 5.81. The van der Waals surface area contributed by atoms with Crippen LogP contribution in [0.4, 0.5) is 5.69 Å². The van der Waals surface area contributed by atoms with Gasteiger partial charge in [0.15, 0.2) is 6.73 Å². The van der Waals surface area contributed by atoms with Crippen molar-refractivity contribution in [2.75, 3.05) is 5.32 Å². The molecule has 142 valence electrons. The second kappa shape index (κ2) is 8.26. The van der Waals surface area contributed by atoms with Gasteiger partial charge < -0.3 is 10.1 Å². The molecule has 27 heavy (non-hydrogen) atoms. The third kappa shape index (κ3) is 5.10. The number of anilines is 1. The normalized spacial score (nSPS) is 12.0. The second-order valence-electron chi connectivity index (χ2n) is 6.58. The number of carbonyl (C=O) groups is 1. The van der Waals surface area contributed by atoms with Crippen molar-refractivity contribution < 1.29 is 9.53 Å². The Hall–Kier alpha value is -2.80. The number of nitrogens with one attached hydrogen (secondary N) is 1. The Morgan fingerprint density at radius 2 is 2.00 bits per heavy atom. The van der Waals surface area contributed by atoms with Crippen molar-refractivity contribution >= 4 is 23.2 Å². The van der Waals surface area contributed by atoms with Crippen molar-refractivity contribution in [2.24, 2.45) is 5.92 Å². The van der Waals surface area contributed by atoms with Crippen molar-refractivity contribution in [1.82, 2.24) is 19.6 Å². The van der Waals surface area contributed by atoms with Crippen LogP contribution in [0.1, 0.15) is 18.1 Å². The largest absolute Gasteiger partial charge is 0.471 e. The maximum absolute atomic E-state index is 12.3. The minimum Gasteiger partial charge on any atom is -0.471 e. The van der Waals surface area contributed by atoms with Gasteiger partial charge in [-0.15, -0.1) is 0 Å². The lowest BCUT2D eigenvalue weighted by atomic mass is 10.1. The molecular weight excluding hydrogens is 366 g/mol. The van der Waals surface area contributed by atoms with E-state index < -0.39 is 0 Å². The number of carbonyl (C=O) groups excluding carboxylic acids is 1. The number of amides is 1. The first-order valence-corrected chi connectivity index (χ1v) is 9.00. The van der Waals surface area contributed by atoms with Crippen LogP contribution >= 0.6 is 11.6 Å². The molecule has 0 saturated heterocycles. The molecule has 0 fully saturated rings. The molecule has 2 aromatic heterocycles. The molecule has 0 saturated carbocycles. The van der Waals surface area contributed by atoms with Gasteiger partial charge in [0.25, 0.3) is 0 Å². The first-order valence-electron chi connectivity index (χ1n) is 8.62. The van der Waals surface area contributed by atoms with Gasteiger partial charge in [0.1, 0.15) is 5.75 Å². The van der Waals surface area contributed by atoms with Crippen molar-refractivity contribution in [3.05, 3.63) is 59.1 Å². The SMILES string of the molecule is Cc1ccc(OCn2cc(NC(=O)C(C)Cn3cc(Cl)cn3)cn2)c(C)c1. The molecule has 7 nitrogen and oxygen atoms in total. The van der Waals surface area contributed by atoms with Gasteiger partial charge in [-0.1, -0.05) is 36.2 Å². The molecule has 0 radical (unpaired) electrons. The van der Waals surface area contributed by atoms with Gasteiger partial charge in [-0.2, -0.15) is 10.2 Å². The highest BCUT2D eigenvalue weighted by molar-refractivity contribution is 6.30. The van der Waals surface area contributed by atoms with Gasteiger partial charge in [0, 0.05) is 6.20 Å². The van der Waals surface area contributed by atoms with Crippen LogP contribution in [0.3, 0.4) is 0 Å². The third-order valence-corrected chi connectivity index (χ3v) is 4.29. The standard InChI is InChI=1S/C19H22ClN5O2/c1-13-4-5-18(14(2)6-13)27-12-25-11-17(8-22-25)23-19(26)15(3)9-24-10-16(20)7-21-24/h4-8,10-11,15H,9,12H2,1-3H3,(H,23,26). The molecule has 1 atom stereocenters. The smallest absolute Gasteiger partial charge is 0.229 e. The van der Waals surface area contributed by atoms with E-state index in [1.54, 1.807) is 34.2 Å². The molecule has 3 aromatic rings. The molecular formula is C19H22ClN5O2. The number of halogens is 1. The number of hydrogen-bond donors (Lipinski definition) is 1. The summed E-state index contributed by atoms with van der Waals surface area (Å²) in [6, 6.07) is 6.02. The van der Waals surface area contributed by atoms with Crippen molar-refractivity contribution in [2.45, 2.75) is 34.0 Å². The van der Waals surface area contributed by atoms with E-state index in [0.717, 1.165) is 11.3 Å². The van der Waals surface area contributed by atoms with Gasteiger partial charge in [0.2, 0.25) is 5.91 Å². The number of ether oxygens (including phenoxy) is 1. The number of benzene rings is 1. The lowest BCUT2D eigenvalue weighted by Crippen LogP contribution is -2.24. The van der Waals surface area contributed by atoms with E-state index in [0.29, 0.717) is 17.3 Å². The number of nitrogens with zero attached hydrogens (tertiary/aromatic N) is 4. The number of rotatable bonds is 7. The average molecular weight is 388 g/mol. The third-order valence-electron chi connectivity index (χ3n) is 4.09. The maximum atomic E-state index is 12.3. The second-order valence-corrected chi connectivity index (χ2v) is 7.02. The van der Waals surface area contributed by atoms with Crippen LogP contribution in [-0.2, 0) is 18.1 Å². The van der Waals surface area contributed by atoms with Crippen LogP contribution in [-0.4, -0.2) is 25.5 Å². The minimum absolute atomic E-state index is 0.114. The monoisotopic (exact) mass is 387 g/mol. The highest BCUT2D eigenvalue weighted by Crippen LogP contribution is 2.19. The Morgan fingerprint density at radius 3 is 2.70 bits per heavy atom. The maximum Gasteiger partial charge on any atom is 0.229 e. The van der Waals surface area contributed by atoms with Crippen LogP contribution in [0.2, 0.25) is 5.02 Å². The summed E-state index contributed by atoms with van der Waals surface area (Å²) >= 11 is 5.84. The molecule has 0 bridgehead atoms. The molecule has 0 spiro atoms. The van der Waals surface area contributed by atoms with Crippen LogP contribution in [0.5, 0.6) is 5.75 Å². The summed E-state index contributed by atoms with van der Waals surface area (Å²) in [6.07, 6.45) is 6.57. The van der Waals surface area contributed by atoms with Crippen molar-refractivity contribution in [3.8, 4) is 5.75 Å². The molecule has 0 aliphatic heterocycles. The zero-order valence-corrected chi connectivity index (χ0v) is 16.3. The first-order chi connectivity index (χ1) is 12.9. The van der Waals surface area contributed by atoms with Crippen LogP contribution in [0.25, 0.3) is 0 Å². The molecule has 1 aromatic carbocycles. The Labute approximate surface area is 162 Å². The molecule has 0 aliphatic rings. The van der Waals surface area contributed by atoms with Gasteiger partial charge in [0.05, 0.1) is 41.8 Å². The quantitative estimate of drug-likeness (QED) is 0.671. The van der Waals surface area contributed by atoms with E-state index in [-0.39, 0.29) is 18.6 Å². The predicted molar refractivity (Wildman–Crippen MR) is 104 cm³/mol. The van der Waals surface area contributed by atoms with E-state index in [1.807, 2.05) is 32.9 Å². The van der Waals surface area contributed by atoms with Gasteiger partial charge in [-0.3, -0.25) is 9.48 Å². The van der Waals surface area contributed by atoms with Crippen LogP contribution in [0.15, 0.2) is 43.0 Å². The molecule has 1 amide bonds. The number of hydrogen-bond acceptors (Lipinski definition) is 4. The van der Waals surface area contributed by atoms with Crippen molar-refractivity contribution in [1.29, 1.82) is 0 Å². The molecule has 0 aliphatic carbocycles. The van der Waals surface area contributed by atoms with E-state index in [9.17, 15) is 4.79 Å².